The molecule has 1 heterocycles. The molecule has 0 saturated heterocycles. The zero-order valence-corrected chi connectivity index (χ0v) is 7.93. The molecular weight excluding hydrogens is 182 g/mol. The van der Waals surface area contributed by atoms with E-state index in [9.17, 15) is 0 Å². The Kier molecular flexibility index (Phi) is 2.39. The Morgan fingerprint density at radius 1 is 1.54 bits per heavy atom. The summed E-state index contributed by atoms with van der Waals surface area (Å²) in [5.41, 5.74) is 2.44. The fourth-order valence-electron chi connectivity index (χ4n) is 1.46. The summed E-state index contributed by atoms with van der Waals surface area (Å²) in [5, 5.41) is 2.36. The number of rotatable bonds is 2. The number of benzene rings is 1. The first-order valence-corrected chi connectivity index (χ1v) is 4.59. The lowest BCUT2D eigenvalue weighted by molar-refractivity contribution is 0.357. The molecule has 0 radical (unpaired) electrons. The molecule has 0 unspecified atom stereocenters. The number of nitrogens with zero attached hydrogens (tertiary/aromatic N) is 1. The normalized spacial score (nSPS) is 12.9. The number of thiocarbonyl (C=S) groups is 1. The minimum absolute atomic E-state index is 0.622. The molecule has 2 nitrogen and oxygen atoms in total. The third kappa shape index (κ3) is 1.77. The van der Waals surface area contributed by atoms with Gasteiger partial charge in [-0.3, -0.25) is 0 Å². The van der Waals surface area contributed by atoms with Crippen LogP contribution in [0.3, 0.4) is 0 Å². The lowest BCUT2D eigenvalue weighted by Gasteiger charge is -2.00. The molecule has 13 heavy (non-hydrogen) atoms. The monoisotopic (exact) mass is 191 g/mol. The van der Waals surface area contributed by atoms with Crippen molar-refractivity contribution in [2.24, 2.45) is 4.99 Å². The van der Waals surface area contributed by atoms with E-state index in [0.717, 1.165) is 18.8 Å². The van der Waals surface area contributed by atoms with Crippen molar-refractivity contribution in [1.82, 2.24) is 0 Å². The van der Waals surface area contributed by atoms with Gasteiger partial charge in [-0.1, -0.05) is 12.1 Å². The van der Waals surface area contributed by atoms with Crippen LogP contribution in [0.4, 0.5) is 0 Å². The van der Waals surface area contributed by atoms with E-state index in [1.807, 2.05) is 12.1 Å². The molecule has 0 amide bonds. The second kappa shape index (κ2) is 3.69. The lowest BCUT2D eigenvalue weighted by atomic mass is 10.1. The predicted octanol–water partition coefficient (Wildman–Crippen LogP) is 2.22. The Hall–Kier alpha value is -1.18. The van der Waals surface area contributed by atoms with E-state index >= 15 is 0 Å². The molecule has 3 heteroatoms. The van der Waals surface area contributed by atoms with Crippen molar-refractivity contribution >= 4 is 17.4 Å². The topological polar surface area (TPSA) is 21.6 Å². The van der Waals surface area contributed by atoms with Crippen LogP contribution < -0.4 is 4.74 Å². The number of aliphatic imine (C=N–C) groups is 1. The third-order valence-electron chi connectivity index (χ3n) is 2.08. The summed E-state index contributed by atoms with van der Waals surface area (Å²) in [5.74, 6) is 1.01. The van der Waals surface area contributed by atoms with E-state index in [2.05, 4.69) is 28.4 Å². The highest BCUT2D eigenvalue weighted by Gasteiger charge is 2.11. The van der Waals surface area contributed by atoms with Crippen LogP contribution in [0.5, 0.6) is 5.75 Å². The van der Waals surface area contributed by atoms with Gasteiger partial charge >= 0.3 is 0 Å². The average Bonchev–Trinajstić information content (AvgIpc) is 2.61. The fraction of sp³-hybridized carbons (Fsp3) is 0.300. The van der Waals surface area contributed by atoms with Crippen LogP contribution in [0.15, 0.2) is 23.2 Å². The number of hydrogen-bond acceptors (Lipinski definition) is 3. The Morgan fingerprint density at radius 3 is 3.31 bits per heavy atom. The molecule has 2 rings (SSSR count). The van der Waals surface area contributed by atoms with Gasteiger partial charge in [0.2, 0.25) is 0 Å². The zero-order chi connectivity index (χ0) is 9.10. The zero-order valence-electron chi connectivity index (χ0n) is 7.12. The highest BCUT2D eigenvalue weighted by atomic mass is 32.1. The van der Waals surface area contributed by atoms with Gasteiger partial charge in [0.1, 0.15) is 5.75 Å². The molecule has 66 valence electrons. The van der Waals surface area contributed by atoms with Gasteiger partial charge in [-0.15, -0.1) is 0 Å². The molecule has 0 saturated carbocycles. The number of ether oxygens (including phenoxy) is 1. The predicted molar refractivity (Wildman–Crippen MR) is 54.4 cm³/mol. The molecule has 0 N–H and O–H groups in total. The number of isothiocyanates is 1. The van der Waals surface area contributed by atoms with Gasteiger partial charge in [0.15, 0.2) is 0 Å². The van der Waals surface area contributed by atoms with Crippen LogP contribution in [0, 0.1) is 0 Å². The molecule has 0 aliphatic carbocycles. The van der Waals surface area contributed by atoms with E-state index in [4.69, 9.17) is 4.74 Å². The second-order valence-corrected chi connectivity index (χ2v) is 3.13. The fourth-order valence-corrected chi connectivity index (χ4v) is 1.53. The third-order valence-corrected chi connectivity index (χ3v) is 2.21. The van der Waals surface area contributed by atoms with E-state index in [1.165, 1.54) is 11.1 Å². The van der Waals surface area contributed by atoms with Crippen LogP contribution in [0.2, 0.25) is 0 Å². The summed E-state index contributed by atoms with van der Waals surface area (Å²) in [6.07, 6.45) is 1.00. The van der Waals surface area contributed by atoms with Gasteiger partial charge in [0.05, 0.1) is 18.3 Å². The van der Waals surface area contributed by atoms with Crippen LogP contribution in [-0.4, -0.2) is 11.8 Å². The van der Waals surface area contributed by atoms with E-state index in [1.54, 1.807) is 0 Å². The molecule has 1 aliphatic heterocycles. The Bertz CT molecular complexity index is 369. The first kappa shape index (κ1) is 8.42. The van der Waals surface area contributed by atoms with Gasteiger partial charge in [0, 0.05) is 6.42 Å². The summed E-state index contributed by atoms with van der Waals surface area (Å²) < 4.78 is 5.39. The summed E-state index contributed by atoms with van der Waals surface area (Å²) >= 11 is 4.51. The van der Waals surface area contributed by atoms with Gasteiger partial charge in [-0.25, -0.2) is 4.99 Å². The number of hydrogen-bond donors (Lipinski definition) is 0. The maximum Gasteiger partial charge on any atom is 0.122 e. The van der Waals surface area contributed by atoms with E-state index < -0.39 is 0 Å². The molecule has 0 aromatic heterocycles. The quantitative estimate of drug-likeness (QED) is 0.528. The van der Waals surface area contributed by atoms with Crippen LogP contribution in [0.25, 0.3) is 0 Å². The van der Waals surface area contributed by atoms with Gasteiger partial charge in [-0.05, 0) is 29.4 Å². The van der Waals surface area contributed by atoms with Gasteiger partial charge in [-0.2, -0.15) is 0 Å². The average molecular weight is 191 g/mol. The molecule has 0 fully saturated rings. The maximum absolute atomic E-state index is 5.39. The van der Waals surface area contributed by atoms with Crippen molar-refractivity contribution in [3.05, 3.63) is 29.3 Å². The first-order chi connectivity index (χ1) is 6.40. The highest BCUT2D eigenvalue weighted by molar-refractivity contribution is 7.78. The van der Waals surface area contributed by atoms with Crippen molar-refractivity contribution in [2.75, 3.05) is 6.61 Å². The van der Waals surface area contributed by atoms with Crippen molar-refractivity contribution in [1.29, 1.82) is 0 Å². The van der Waals surface area contributed by atoms with E-state index in [0.29, 0.717) is 6.54 Å². The lowest BCUT2D eigenvalue weighted by Crippen LogP contribution is -1.85. The Labute approximate surface area is 82.3 Å². The Morgan fingerprint density at radius 2 is 2.46 bits per heavy atom. The van der Waals surface area contributed by atoms with Gasteiger partial charge in [0.25, 0.3) is 0 Å². The SMILES string of the molecule is S=C=NCc1ccc2c(c1)CCO2. The first-order valence-electron chi connectivity index (χ1n) is 4.18. The van der Waals surface area contributed by atoms with Crippen LogP contribution in [-0.2, 0) is 13.0 Å². The van der Waals surface area contributed by atoms with E-state index in [-0.39, 0.29) is 0 Å². The second-order valence-electron chi connectivity index (χ2n) is 2.95. The molecule has 1 aromatic rings. The van der Waals surface area contributed by atoms with Gasteiger partial charge < -0.3 is 4.74 Å². The number of fused-ring (bicyclic) bond motifs is 1. The molecule has 0 atom stereocenters. The van der Waals surface area contributed by atoms with Crippen LogP contribution in [0.1, 0.15) is 11.1 Å². The molecule has 0 bridgehead atoms. The molecular formula is C10H9NOS. The molecule has 1 aliphatic rings. The standard InChI is InChI=1S/C10H9NOS/c13-7-11-6-8-1-2-10-9(5-8)3-4-12-10/h1-2,5H,3-4,6H2. The summed E-state index contributed by atoms with van der Waals surface area (Å²) in [7, 11) is 0. The minimum atomic E-state index is 0.622. The van der Waals surface area contributed by atoms with Crippen LogP contribution >= 0.6 is 12.2 Å². The maximum atomic E-state index is 5.39. The van der Waals surface area contributed by atoms with Crippen molar-refractivity contribution in [3.63, 3.8) is 0 Å². The molecule has 0 spiro atoms. The summed E-state index contributed by atoms with van der Waals surface area (Å²) in [6, 6.07) is 6.13. The Balaban J connectivity index is 2.25. The minimum Gasteiger partial charge on any atom is -0.493 e. The van der Waals surface area contributed by atoms with Crippen molar-refractivity contribution < 1.29 is 4.74 Å². The highest BCUT2D eigenvalue weighted by Crippen LogP contribution is 2.25. The largest absolute Gasteiger partial charge is 0.493 e. The smallest absolute Gasteiger partial charge is 0.122 e. The van der Waals surface area contributed by atoms with Crippen molar-refractivity contribution in [3.8, 4) is 5.75 Å². The summed E-state index contributed by atoms with van der Waals surface area (Å²) in [4.78, 5) is 3.89. The summed E-state index contributed by atoms with van der Waals surface area (Å²) in [6.45, 7) is 1.42. The van der Waals surface area contributed by atoms with Crippen molar-refractivity contribution in [2.45, 2.75) is 13.0 Å². The molecule has 1 aromatic carbocycles.